The maximum absolute atomic E-state index is 13.3. The molecule has 0 bridgehead atoms. The van der Waals surface area contributed by atoms with E-state index in [0.717, 1.165) is 16.4 Å². The first-order valence-corrected chi connectivity index (χ1v) is 10.4. The molecular weight excluding hydrogens is 430 g/mol. The zero-order chi connectivity index (χ0) is 22.0. The maximum Gasteiger partial charge on any atom is 0.280 e. The standard InChI is InChI=1S/C19H16F2N6O3S/c1-26(31(28,29)16-7-5-14(20)6-8-16)12-18-22-19(30-24-18)17-11-27(25-23-17)10-13-3-2-4-15(21)9-13/h2-9,11H,10,12H2,1H3. The highest BCUT2D eigenvalue weighted by Gasteiger charge is 2.23. The minimum Gasteiger partial charge on any atom is -0.332 e. The molecule has 4 aromatic rings. The lowest BCUT2D eigenvalue weighted by Gasteiger charge is -2.15. The molecule has 0 aliphatic heterocycles. The van der Waals surface area contributed by atoms with Crippen LogP contribution in [0.15, 0.2) is 64.1 Å². The highest BCUT2D eigenvalue weighted by atomic mass is 32.2. The molecule has 0 amide bonds. The van der Waals surface area contributed by atoms with E-state index in [4.69, 9.17) is 4.52 Å². The number of hydrogen-bond acceptors (Lipinski definition) is 7. The molecule has 2 aromatic carbocycles. The molecule has 9 nitrogen and oxygen atoms in total. The van der Waals surface area contributed by atoms with Crippen molar-refractivity contribution >= 4 is 10.0 Å². The molecule has 2 heterocycles. The molecule has 0 N–H and O–H groups in total. The van der Waals surface area contributed by atoms with Crippen LogP contribution in [0.25, 0.3) is 11.6 Å². The molecule has 0 unspecified atom stereocenters. The lowest BCUT2D eigenvalue weighted by Crippen LogP contribution is -2.27. The van der Waals surface area contributed by atoms with Crippen LogP contribution in [0.1, 0.15) is 11.4 Å². The SMILES string of the molecule is CN(Cc1noc(-c2cn(Cc3cccc(F)c3)nn2)n1)S(=O)(=O)c1ccc(F)cc1. The fraction of sp³-hybridized carbons (Fsp3) is 0.158. The van der Waals surface area contributed by atoms with Gasteiger partial charge in [-0.2, -0.15) is 9.29 Å². The van der Waals surface area contributed by atoms with Gasteiger partial charge in [-0.05, 0) is 42.0 Å². The first kappa shape index (κ1) is 20.8. The summed E-state index contributed by atoms with van der Waals surface area (Å²) in [7, 11) is -2.51. The van der Waals surface area contributed by atoms with Crippen LogP contribution in [0, 0.1) is 11.6 Å². The molecular formula is C19H16F2N6O3S. The van der Waals surface area contributed by atoms with Crippen LogP contribution in [0.5, 0.6) is 0 Å². The third kappa shape index (κ3) is 4.64. The van der Waals surface area contributed by atoms with Gasteiger partial charge < -0.3 is 4.52 Å². The Hall–Kier alpha value is -3.51. The molecule has 4 rings (SSSR count). The van der Waals surface area contributed by atoms with E-state index in [1.54, 1.807) is 18.3 Å². The monoisotopic (exact) mass is 446 g/mol. The van der Waals surface area contributed by atoms with Crippen molar-refractivity contribution in [2.45, 2.75) is 18.0 Å². The van der Waals surface area contributed by atoms with Gasteiger partial charge in [0.2, 0.25) is 10.0 Å². The molecule has 0 saturated carbocycles. The Morgan fingerprint density at radius 2 is 1.87 bits per heavy atom. The molecule has 0 aliphatic carbocycles. The second kappa shape index (κ2) is 8.32. The van der Waals surface area contributed by atoms with Crippen molar-refractivity contribution in [3.63, 3.8) is 0 Å². The van der Waals surface area contributed by atoms with E-state index >= 15 is 0 Å². The van der Waals surface area contributed by atoms with Gasteiger partial charge in [0.05, 0.1) is 24.2 Å². The van der Waals surface area contributed by atoms with Gasteiger partial charge in [0, 0.05) is 7.05 Å². The Balaban J connectivity index is 1.46. The molecule has 12 heteroatoms. The summed E-state index contributed by atoms with van der Waals surface area (Å²) < 4.78 is 59.2. The van der Waals surface area contributed by atoms with Crippen LogP contribution in [0.3, 0.4) is 0 Å². The van der Waals surface area contributed by atoms with Crippen molar-refractivity contribution in [3.05, 3.63) is 77.8 Å². The van der Waals surface area contributed by atoms with Gasteiger partial charge in [-0.1, -0.05) is 22.5 Å². The number of sulfonamides is 1. The molecule has 31 heavy (non-hydrogen) atoms. The molecule has 0 spiro atoms. The van der Waals surface area contributed by atoms with Gasteiger partial charge in [-0.3, -0.25) is 0 Å². The first-order valence-electron chi connectivity index (χ1n) is 9.01. The third-order valence-electron chi connectivity index (χ3n) is 4.35. The highest BCUT2D eigenvalue weighted by molar-refractivity contribution is 7.89. The van der Waals surface area contributed by atoms with Gasteiger partial charge in [-0.25, -0.2) is 21.9 Å². The Morgan fingerprint density at radius 1 is 1.10 bits per heavy atom. The predicted molar refractivity (Wildman–Crippen MR) is 104 cm³/mol. The molecule has 2 aromatic heterocycles. The van der Waals surface area contributed by atoms with Crippen molar-refractivity contribution < 1.29 is 21.7 Å². The normalized spacial score (nSPS) is 11.9. The van der Waals surface area contributed by atoms with Crippen molar-refractivity contribution in [1.29, 1.82) is 0 Å². The van der Waals surface area contributed by atoms with Crippen LogP contribution in [-0.2, 0) is 23.1 Å². The summed E-state index contributed by atoms with van der Waals surface area (Å²) in [6.07, 6.45) is 1.56. The number of benzene rings is 2. The third-order valence-corrected chi connectivity index (χ3v) is 6.16. The van der Waals surface area contributed by atoms with E-state index < -0.39 is 15.8 Å². The second-order valence-electron chi connectivity index (χ2n) is 6.66. The van der Waals surface area contributed by atoms with Crippen molar-refractivity contribution in [2.24, 2.45) is 0 Å². The fourth-order valence-corrected chi connectivity index (χ4v) is 3.91. The van der Waals surface area contributed by atoms with Crippen molar-refractivity contribution in [3.8, 4) is 11.6 Å². The van der Waals surface area contributed by atoms with Gasteiger partial charge >= 0.3 is 0 Å². The number of rotatable bonds is 7. The van der Waals surface area contributed by atoms with E-state index in [2.05, 4.69) is 20.5 Å². The lowest BCUT2D eigenvalue weighted by molar-refractivity contribution is 0.401. The van der Waals surface area contributed by atoms with Crippen LogP contribution in [0.4, 0.5) is 8.78 Å². The first-order chi connectivity index (χ1) is 14.8. The Labute approximate surface area is 176 Å². The molecule has 0 saturated heterocycles. The van der Waals surface area contributed by atoms with E-state index in [1.165, 1.54) is 36.0 Å². The molecule has 160 valence electrons. The van der Waals surface area contributed by atoms with Gasteiger partial charge in [0.1, 0.15) is 11.6 Å². The predicted octanol–water partition coefficient (Wildman–Crippen LogP) is 2.48. The number of nitrogens with zero attached hydrogens (tertiary/aromatic N) is 6. The summed E-state index contributed by atoms with van der Waals surface area (Å²) in [5, 5.41) is 11.7. The fourth-order valence-electron chi connectivity index (χ4n) is 2.79. The Morgan fingerprint density at radius 3 is 2.61 bits per heavy atom. The summed E-state index contributed by atoms with van der Waals surface area (Å²) >= 11 is 0. The van der Waals surface area contributed by atoms with Crippen molar-refractivity contribution in [2.75, 3.05) is 7.05 Å². The molecule has 0 radical (unpaired) electrons. The zero-order valence-corrected chi connectivity index (χ0v) is 17.0. The van der Waals surface area contributed by atoms with E-state index in [1.807, 2.05) is 0 Å². The zero-order valence-electron chi connectivity index (χ0n) is 16.2. The Kier molecular flexibility index (Phi) is 5.57. The van der Waals surface area contributed by atoms with Gasteiger partial charge in [-0.15, -0.1) is 5.10 Å². The highest BCUT2D eigenvalue weighted by Crippen LogP contribution is 2.19. The van der Waals surface area contributed by atoms with E-state index in [-0.39, 0.29) is 29.0 Å². The minimum absolute atomic E-state index is 0.0552. The number of aromatic nitrogens is 5. The van der Waals surface area contributed by atoms with Gasteiger partial charge in [0.15, 0.2) is 11.5 Å². The quantitative estimate of drug-likeness (QED) is 0.429. The van der Waals surface area contributed by atoms with Crippen molar-refractivity contribution in [1.82, 2.24) is 29.4 Å². The summed E-state index contributed by atoms with van der Waals surface area (Å²) in [4.78, 5) is 4.10. The van der Waals surface area contributed by atoms with E-state index in [9.17, 15) is 17.2 Å². The maximum atomic E-state index is 13.3. The average molecular weight is 446 g/mol. The number of halogens is 2. The van der Waals surface area contributed by atoms with Crippen LogP contribution >= 0.6 is 0 Å². The topological polar surface area (TPSA) is 107 Å². The summed E-state index contributed by atoms with van der Waals surface area (Å²) in [6, 6.07) is 10.6. The summed E-state index contributed by atoms with van der Waals surface area (Å²) in [5.41, 5.74) is 0.995. The largest absolute Gasteiger partial charge is 0.332 e. The van der Waals surface area contributed by atoms with Crippen LogP contribution in [0.2, 0.25) is 0 Å². The molecule has 0 atom stereocenters. The summed E-state index contributed by atoms with van der Waals surface area (Å²) in [6.45, 7) is 0.130. The Bertz CT molecular complexity index is 1300. The smallest absolute Gasteiger partial charge is 0.280 e. The summed E-state index contributed by atoms with van der Waals surface area (Å²) in [5.74, 6) is -0.704. The average Bonchev–Trinajstić information content (AvgIpc) is 3.38. The lowest BCUT2D eigenvalue weighted by atomic mass is 10.2. The van der Waals surface area contributed by atoms with Gasteiger partial charge in [0.25, 0.3) is 5.89 Å². The van der Waals surface area contributed by atoms with Crippen LogP contribution in [-0.4, -0.2) is 44.9 Å². The number of hydrogen-bond donors (Lipinski definition) is 0. The minimum atomic E-state index is -3.86. The molecule has 0 fully saturated rings. The molecule has 0 aliphatic rings. The van der Waals surface area contributed by atoms with E-state index in [0.29, 0.717) is 17.8 Å². The van der Waals surface area contributed by atoms with Crippen LogP contribution < -0.4 is 0 Å². The second-order valence-corrected chi connectivity index (χ2v) is 8.71.